The first kappa shape index (κ1) is 15.6. The molecule has 4 nitrogen and oxygen atoms in total. The van der Waals surface area contributed by atoms with Gasteiger partial charge in [0.15, 0.2) is 0 Å². The highest BCUT2D eigenvalue weighted by Crippen LogP contribution is 2.19. The molecule has 0 saturated carbocycles. The van der Waals surface area contributed by atoms with E-state index in [0.717, 1.165) is 22.6 Å². The van der Waals surface area contributed by atoms with Gasteiger partial charge in [-0.3, -0.25) is 4.79 Å². The number of hydrogen-bond donors (Lipinski definition) is 1. The summed E-state index contributed by atoms with van der Waals surface area (Å²) in [4.78, 5) is 16.9. The molecule has 1 heterocycles. The maximum Gasteiger partial charge on any atom is 0.244 e. The number of nitrogens with one attached hydrogen (secondary N) is 1. The Morgan fingerprint density at radius 3 is 2.70 bits per heavy atom. The number of halogens is 1. The molecule has 3 rings (SSSR count). The van der Waals surface area contributed by atoms with Crippen molar-refractivity contribution in [2.45, 2.75) is 12.3 Å². The highest BCUT2D eigenvalue weighted by molar-refractivity contribution is 7.97. The Bertz CT molecular complexity index is 829. The molecule has 3 aromatic rings. The third-order valence-corrected chi connectivity index (χ3v) is 3.98. The van der Waals surface area contributed by atoms with Crippen molar-refractivity contribution >= 4 is 34.4 Å². The molecule has 0 fully saturated rings. The van der Waals surface area contributed by atoms with Gasteiger partial charge in [-0.15, -0.1) is 0 Å². The molecule has 6 heteroatoms. The second-order valence-electron chi connectivity index (χ2n) is 5.09. The van der Waals surface area contributed by atoms with Crippen LogP contribution in [0.15, 0.2) is 48.5 Å². The van der Waals surface area contributed by atoms with Crippen LogP contribution >= 0.6 is 11.8 Å². The molecule has 0 aliphatic carbocycles. The molecule has 0 saturated heterocycles. The number of imidazole rings is 1. The lowest BCUT2D eigenvalue weighted by Gasteiger charge is -2.09. The van der Waals surface area contributed by atoms with E-state index in [4.69, 9.17) is 0 Å². The van der Waals surface area contributed by atoms with E-state index in [0.29, 0.717) is 5.69 Å². The number of nitrogens with zero attached hydrogens (tertiary/aromatic N) is 2. The third-order valence-electron chi connectivity index (χ3n) is 3.44. The van der Waals surface area contributed by atoms with Crippen LogP contribution in [-0.2, 0) is 17.1 Å². The van der Waals surface area contributed by atoms with Crippen LogP contribution in [0.2, 0.25) is 0 Å². The van der Waals surface area contributed by atoms with Crippen molar-refractivity contribution in [1.29, 1.82) is 0 Å². The first-order chi connectivity index (χ1) is 11.2. The molecule has 1 aromatic heterocycles. The van der Waals surface area contributed by atoms with Crippen LogP contribution in [0.3, 0.4) is 0 Å². The zero-order valence-electron chi connectivity index (χ0n) is 12.6. The van der Waals surface area contributed by atoms with Crippen molar-refractivity contribution in [3.63, 3.8) is 0 Å². The zero-order valence-corrected chi connectivity index (χ0v) is 13.4. The van der Waals surface area contributed by atoms with Gasteiger partial charge in [-0.25, -0.2) is 9.37 Å². The van der Waals surface area contributed by atoms with Crippen LogP contribution in [-0.4, -0.2) is 21.7 Å². The fraction of sp³-hybridized carbons (Fsp3) is 0.176. The minimum atomic E-state index is -0.328. The standard InChI is InChI=1S/C17H16FN3OS/c1-23-11-16-20-14-4-2-3-5-15(14)21(16)10-17(22)19-13-8-6-12(18)7-9-13/h2-9H,10-11H2,1H3,(H,19,22). The SMILES string of the molecule is CSCc1nc2ccccc2n1CC(=O)Nc1ccc(F)cc1. The quantitative estimate of drug-likeness (QED) is 0.777. The summed E-state index contributed by atoms with van der Waals surface area (Å²) < 4.78 is 14.8. The van der Waals surface area contributed by atoms with Gasteiger partial charge in [0.1, 0.15) is 18.2 Å². The van der Waals surface area contributed by atoms with Crippen LogP contribution in [0.25, 0.3) is 11.0 Å². The fourth-order valence-electron chi connectivity index (χ4n) is 2.42. The molecule has 0 unspecified atom stereocenters. The number of carbonyl (C=O) groups excluding carboxylic acids is 1. The predicted molar refractivity (Wildman–Crippen MR) is 92.0 cm³/mol. The first-order valence-electron chi connectivity index (χ1n) is 7.16. The van der Waals surface area contributed by atoms with Gasteiger partial charge in [0.05, 0.1) is 16.8 Å². The van der Waals surface area contributed by atoms with E-state index in [-0.39, 0.29) is 18.3 Å². The Kier molecular flexibility index (Phi) is 4.62. The van der Waals surface area contributed by atoms with Gasteiger partial charge in [0.2, 0.25) is 5.91 Å². The van der Waals surface area contributed by atoms with Crippen molar-refractivity contribution in [1.82, 2.24) is 9.55 Å². The lowest BCUT2D eigenvalue weighted by Crippen LogP contribution is -2.20. The summed E-state index contributed by atoms with van der Waals surface area (Å²) in [6.45, 7) is 0.174. The van der Waals surface area contributed by atoms with Gasteiger partial charge in [-0.2, -0.15) is 11.8 Å². The minimum absolute atomic E-state index is 0.165. The molecule has 23 heavy (non-hydrogen) atoms. The Morgan fingerprint density at radius 1 is 1.22 bits per heavy atom. The highest BCUT2D eigenvalue weighted by atomic mass is 32.2. The van der Waals surface area contributed by atoms with Crippen LogP contribution in [0.5, 0.6) is 0 Å². The van der Waals surface area contributed by atoms with Gasteiger partial charge in [0, 0.05) is 5.69 Å². The fourth-order valence-corrected chi connectivity index (χ4v) is 2.90. The number of para-hydroxylation sites is 2. The predicted octanol–water partition coefficient (Wildman–Crippen LogP) is 3.68. The Hall–Kier alpha value is -2.34. The molecule has 0 aliphatic heterocycles. The summed E-state index contributed by atoms with van der Waals surface area (Å²) in [5, 5.41) is 2.78. The smallest absolute Gasteiger partial charge is 0.244 e. The second-order valence-corrected chi connectivity index (χ2v) is 5.96. The van der Waals surface area contributed by atoms with Crippen molar-refractivity contribution < 1.29 is 9.18 Å². The molecule has 0 bridgehead atoms. The van der Waals surface area contributed by atoms with Gasteiger partial charge >= 0.3 is 0 Å². The van der Waals surface area contributed by atoms with E-state index < -0.39 is 0 Å². The number of amides is 1. The van der Waals surface area contributed by atoms with Crippen molar-refractivity contribution in [3.8, 4) is 0 Å². The number of rotatable bonds is 5. The van der Waals surface area contributed by atoms with E-state index in [1.807, 2.05) is 35.1 Å². The van der Waals surface area contributed by atoms with Crippen LogP contribution in [0.4, 0.5) is 10.1 Å². The number of fused-ring (bicyclic) bond motifs is 1. The lowest BCUT2D eigenvalue weighted by molar-refractivity contribution is -0.116. The lowest BCUT2D eigenvalue weighted by atomic mass is 10.3. The van der Waals surface area contributed by atoms with Gasteiger partial charge in [-0.1, -0.05) is 12.1 Å². The third kappa shape index (κ3) is 3.53. The maximum atomic E-state index is 12.9. The van der Waals surface area contributed by atoms with Crippen molar-refractivity contribution in [2.24, 2.45) is 0 Å². The van der Waals surface area contributed by atoms with Crippen LogP contribution < -0.4 is 5.32 Å². The highest BCUT2D eigenvalue weighted by Gasteiger charge is 2.13. The largest absolute Gasteiger partial charge is 0.325 e. The van der Waals surface area contributed by atoms with E-state index >= 15 is 0 Å². The molecule has 2 aromatic carbocycles. The van der Waals surface area contributed by atoms with E-state index in [2.05, 4.69) is 10.3 Å². The molecular weight excluding hydrogens is 313 g/mol. The first-order valence-corrected chi connectivity index (χ1v) is 8.55. The average Bonchev–Trinajstić information content (AvgIpc) is 2.88. The number of aromatic nitrogens is 2. The topological polar surface area (TPSA) is 46.9 Å². The summed E-state index contributed by atoms with van der Waals surface area (Å²) in [7, 11) is 0. The molecule has 0 aliphatic rings. The van der Waals surface area contributed by atoms with Gasteiger partial charge in [0.25, 0.3) is 0 Å². The molecule has 118 valence electrons. The Morgan fingerprint density at radius 2 is 1.96 bits per heavy atom. The van der Waals surface area contributed by atoms with E-state index in [1.165, 1.54) is 12.1 Å². The number of carbonyl (C=O) groups is 1. The van der Waals surface area contributed by atoms with E-state index in [1.54, 1.807) is 23.9 Å². The van der Waals surface area contributed by atoms with Crippen LogP contribution in [0, 0.1) is 5.82 Å². The summed E-state index contributed by atoms with van der Waals surface area (Å²) in [6.07, 6.45) is 2.00. The maximum absolute atomic E-state index is 12.9. The minimum Gasteiger partial charge on any atom is -0.325 e. The van der Waals surface area contributed by atoms with E-state index in [9.17, 15) is 9.18 Å². The molecule has 0 spiro atoms. The van der Waals surface area contributed by atoms with Crippen molar-refractivity contribution in [2.75, 3.05) is 11.6 Å². The number of hydrogen-bond acceptors (Lipinski definition) is 3. The Labute approximate surface area is 137 Å². The summed E-state index contributed by atoms with van der Waals surface area (Å²) >= 11 is 1.66. The summed E-state index contributed by atoms with van der Waals surface area (Å²) in [5.41, 5.74) is 2.39. The molecule has 0 atom stereocenters. The number of thioether (sulfide) groups is 1. The van der Waals surface area contributed by atoms with Crippen LogP contribution in [0.1, 0.15) is 5.82 Å². The normalized spacial score (nSPS) is 10.9. The summed E-state index contributed by atoms with van der Waals surface area (Å²) in [6, 6.07) is 13.5. The average molecular weight is 329 g/mol. The number of anilines is 1. The Balaban J connectivity index is 1.83. The zero-order chi connectivity index (χ0) is 16.2. The molecule has 1 amide bonds. The van der Waals surface area contributed by atoms with Crippen molar-refractivity contribution in [3.05, 3.63) is 60.2 Å². The molecule has 1 N–H and O–H groups in total. The monoisotopic (exact) mass is 329 g/mol. The summed E-state index contributed by atoms with van der Waals surface area (Å²) in [5.74, 6) is 1.11. The number of benzene rings is 2. The second kappa shape index (κ2) is 6.83. The molecular formula is C17H16FN3OS. The van der Waals surface area contributed by atoms with Gasteiger partial charge in [-0.05, 0) is 42.7 Å². The van der Waals surface area contributed by atoms with Gasteiger partial charge < -0.3 is 9.88 Å². The molecule has 0 radical (unpaired) electrons.